The molecule has 2 heterocycles. The van der Waals surface area contributed by atoms with Crippen LogP contribution in [0, 0.1) is 19.8 Å². The first-order chi connectivity index (χ1) is 10.9. The van der Waals surface area contributed by atoms with Gasteiger partial charge in [0.05, 0.1) is 11.3 Å². The highest BCUT2D eigenvalue weighted by atomic mass is 32.2. The summed E-state index contributed by atoms with van der Waals surface area (Å²) < 4.78 is 0. The molecule has 1 atom stereocenters. The number of aromatic nitrogens is 2. The number of fused-ring (bicyclic) bond motifs is 1. The summed E-state index contributed by atoms with van der Waals surface area (Å²) in [6.07, 6.45) is 3.88. The third kappa shape index (κ3) is 3.36. The molecule has 0 aromatic carbocycles. The standard InChI is InChI=1S/C16H22N4OS2/c1-9-10(2)23-15-13(9)14(18-8-19-15)22-6-12(21)20-16(3,7-17)11-4-5-11/h8,11H,4-7,17H2,1-3H3,(H,20,21). The lowest BCUT2D eigenvalue weighted by Crippen LogP contribution is -2.53. The van der Waals surface area contributed by atoms with E-state index in [1.807, 2.05) is 6.92 Å². The van der Waals surface area contributed by atoms with E-state index in [0.717, 1.165) is 28.1 Å². The fourth-order valence-corrected chi connectivity index (χ4v) is 4.71. The highest BCUT2D eigenvalue weighted by Crippen LogP contribution is 2.39. The molecule has 1 aliphatic rings. The summed E-state index contributed by atoms with van der Waals surface area (Å²) in [5.41, 5.74) is 6.80. The van der Waals surface area contributed by atoms with Crippen LogP contribution in [0.4, 0.5) is 0 Å². The van der Waals surface area contributed by atoms with Gasteiger partial charge in [0.25, 0.3) is 0 Å². The molecule has 1 amide bonds. The van der Waals surface area contributed by atoms with Gasteiger partial charge in [-0.25, -0.2) is 9.97 Å². The first-order valence-corrected chi connectivity index (χ1v) is 9.59. The number of nitrogens with zero attached hydrogens (tertiary/aromatic N) is 2. The number of carbonyl (C=O) groups is 1. The molecule has 3 N–H and O–H groups in total. The van der Waals surface area contributed by atoms with E-state index in [0.29, 0.717) is 18.2 Å². The number of carbonyl (C=O) groups excluding carboxylic acids is 1. The van der Waals surface area contributed by atoms with Gasteiger partial charge in [0.15, 0.2) is 0 Å². The number of nitrogens with two attached hydrogens (primary N) is 1. The van der Waals surface area contributed by atoms with Gasteiger partial charge in [-0.2, -0.15) is 0 Å². The Kier molecular flexibility index (Phi) is 4.62. The number of hydrogen-bond acceptors (Lipinski definition) is 6. The number of thiophene rings is 1. The summed E-state index contributed by atoms with van der Waals surface area (Å²) in [4.78, 5) is 23.3. The molecule has 3 rings (SSSR count). The van der Waals surface area contributed by atoms with Gasteiger partial charge in [-0.3, -0.25) is 4.79 Å². The van der Waals surface area contributed by atoms with Crippen LogP contribution in [-0.4, -0.2) is 33.7 Å². The first-order valence-electron chi connectivity index (χ1n) is 7.79. The zero-order chi connectivity index (χ0) is 16.6. The maximum Gasteiger partial charge on any atom is 0.230 e. The van der Waals surface area contributed by atoms with E-state index >= 15 is 0 Å². The molecule has 2 aromatic rings. The monoisotopic (exact) mass is 350 g/mol. The molecule has 23 heavy (non-hydrogen) atoms. The quantitative estimate of drug-likeness (QED) is 0.618. The van der Waals surface area contributed by atoms with Crippen molar-refractivity contribution in [2.75, 3.05) is 12.3 Å². The molecule has 1 fully saturated rings. The molecule has 0 radical (unpaired) electrons. The van der Waals surface area contributed by atoms with Crippen molar-refractivity contribution in [3.8, 4) is 0 Å². The Bertz CT molecular complexity index is 741. The van der Waals surface area contributed by atoms with Gasteiger partial charge in [0.2, 0.25) is 5.91 Å². The zero-order valence-electron chi connectivity index (χ0n) is 13.7. The van der Waals surface area contributed by atoms with Crippen molar-refractivity contribution in [1.82, 2.24) is 15.3 Å². The molecule has 0 spiro atoms. The number of hydrogen-bond donors (Lipinski definition) is 2. The Morgan fingerprint density at radius 1 is 1.48 bits per heavy atom. The molecule has 7 heteroatoms. The second-order valence-electron chi connectivity index (χ2n) is 6.37. The summed E-state index contributed by atoms with van der Waals surface area (Å²) in [5, 5.41) is 5.08. The van der Waals surface area contributed by atoms with E-state index in [1.54, 1.807) is 17.7 Å². The second-order valence-corrected chi connectivity index (χ2v) is 8.54. The Morgan fingerprint density at radius 3 is 2.87 bits per heavy atom. The number of nitrogens with one attached hydrogen (secondary N) is 1. The lowest BCUT2D eigenvalue weighted by atomic mass is 9.96. The molecular formula is C16H22N4OS2. The van der Waals surface area contributed by atoms with Crippen molar-refractivity contribution in [3.63, 3.8) is 0 Å². The lowest BCUT2D eigenvalue weighted by molar-refractivity contribution is -0.120. The average Bonchev–Trinajstić information content (AvgIpc) is 3.33. The Balaban J connectivity index is 1.70. The number of aryl methyl sites for hydroxylation is 2. The predicted octanol–water partition coefficient (Wildman–Crippen LogP) is 2.64. The van der Waals surface area contributed by atoms with Crippen LogP contribution in [-0.2, 0) is 4.79 Å². The highest BCUT2D eigenvalue weighted by Gasteiger charge is 2.41. The van der Waals surface area contributed by atoms with Crippen LogP contribution in [0.25, 0.3) is 10.2 Å². The van der Waals surface area contributed by atoms with Crippen molar-refractivity contribution in [1.29, 1.82) is 0 Å². The van der Waals surface area contributed by atoms with Crippen molar-refractivity contribution in [3.05, 3.63) is 16.8 Å². The minimum Gasteiger partial charge on any atom is -0.349 e. The van der Waals surface area contributed by atoms with Gasteiger partial charge < -0.3 is 11.1 Å². The molecule has 1 unspecified atom stereocenters. The minimum absolute atomic E-state index is 0.0196. The maximum atomic E-state index is 12.3. The van der Waals surface area contributed by atoms with Crippen LogP contribution in [0.15, 0.2) is 11.4 Å². The molecule has 1 saturated carbocycles. The third-order valence-electron chi connectivity index (χ3n) is 4.60. The number of amides is 1. The normalized spacial score (nSPS) is 17.2. The minimum atomic E-state index is -0.270. The molecule has 5 nitrogen and oxygen atoms in total. The zero-order valence-corrected chi connectivity index (χ0v) is 15.3. The van der Waals surface area contributed by atoms with Gasteiger partial charge in [-0.1, -0.05) is 11.8 Å². The molecule has 124 valence electrons. The topological polar surface area (TPSA) is 80.9 Å². The Morgan fingerprint density at radius 2 is 2.22 bits per heavy atom. The predicted molar refractivity (Wildman–Crippen MR) is 95.9 cm³/mol. The molecule has 0 bridgehead atoms. The van der Waals surface area contributed by atoms with Crippen LogP contribution in [0.3, 0.4) is 0 Å². The van der Waals surface area contributed by atoms with Crippen LogP contribution < -0.4 is 11.1 Å². The fourth-order valence-electron chi connectivity index (χ4n) is 2.79. The van der Waals surface area contributed by atoms with Crippen molar-refractivity contribution < 1.29 is 4.79 Å². The summed E-state index contributed by atoms with van der Waals surface area (Å²) in [5.74, 6) is 0.892. The summed E-state index contributed by atoms with van der Waals surface area (Å²) in [6.45, 7) is 6.70. The van der Waals surface area contributed by atoms with E-state index in [2.05, 4.69) is 29.1 Å². The van der Waals surface area contributed by atoms with E-state index in [4.69, 9.17) is 5.73 Å². The number of rotatable bonds is 6. The number of thioether (sulfide) groups is 1. The van der Waals surface area contributed by atoms with Crippen molar-refractivity contribution in [2.45, 2.75) is 44.2 Å². The molecule has 1 aliphatic carbocycles. The lowest BCUT2D eigenvalue weighted by Gasteiger charge is -2.29. The Labute approximate surface area is 144 Å². The first kappa shape index (κ1) is 16.7. The highest BCUT2D eigenvalue weighted by molar-refractivity contribution is 8.00. The Hall–Kier alpha value is -1.18. The van der Waals surface area contributed by atoms with Crippen molar-refractivity contribution >= 4 is 39.2 Å². The summed E-state index contributed by atoms with van der Waals surface area (Å²) in [6, 6.07) is 0. The van der Waals surface area contributed by atoms with Crippen LogP contribution in [0.1, 0.15) is 30.2 Å². The average molecular weight is 351 g/mol. The summed E-state index contributed by atoms with van der Waals surface area (Å²) >= 11 is 3.14. The third-order valence-corrected chi connectivity index (χ3v) is 6.70. The fraction of sp³-hybridized carbons (Fsp3) is 0.562. The summed E-state index contributed by atoms with van der Waals surface area (Å²) in [7, 11) is 0. The van der Waals surface area contributed by atoms with Gasteiger partial charge in [-0.05, 0) is 45.1 Å². The van der Waals surface area contributed by atoms with Gasteiger partial charge in [0.1, 0.15) is 16.2 Å². The molecular weight excluding hydrogens is 328 g/mol. The van der Waals surface area contributed by atoms with Gasteiger partial charge in [0, 0.05) is 16.8 Å². The van der Waals surface area contributed by atoms with Crippen LogP contribution in [0.2, 0.25) is 0 Å². The van der Waals surface area contributed by atoms with E-state index in [9.17, 15) is 4.79 Å². The van der Waals surface area contributed by atoms with Crippen LogP contribution in [0.5, 0.6) is 0 Å². The second kappa shape index (κ2) is 6.37. The van der Waals surface area contributed by atoms with Gasteiger partial charge >= 0.3 is 0 Å². The van der Waals surface area contributed by atoms with Gasteiger partial charge in [-0.15, -0.1) is 11.3 Å². The smallest absolute Gasteiger partial charge is 0.230 e. The van der Waals surface area contributed by atoms with E-state index < -0.39 is 0 Å². The molecule has 0 aliphatic heterocycles. The molecule has 0 saturated heterocycles. The SMILES string of the molecule is Cc1sc2ncnc(SCC(=O)NC(C)(CN)C3CC3)c2c1C. The van der Waals surface area contributed by atoms with Crippen LogP contribution >= 0.6 is 23.1 Å². The molecule has 2 aromatic heterocycles. The van der Waals surface area contributed by atoms with E-state index in [1.165, 1.54) is 22.2 Å². The largest absolute Gasteiger partial charge is 0.349 e. The van der Waals surface area contributed by atoms with E-state index in [-0.39, 0.29) is 11.4 Å². The van der Waals surface area contributed by atoms with Crippen molar-refractivity contribution in [2.24, 2.45) is 11.7 Å². The maximum absolute atomic E-state index is 12.3.